The molecule has 1 heterocycles. The third-order valence-corrected chi connectivity index (χ3v) is 5.21. The van der Waals surface area contributed by atoms with Crippen LogP contribution in [0.2, 0.25) is 5.02 Å². The Morgan fingerprint density at radius 1 is 1.07 bits per heavy atom. The van der Waals surface area contributed by atoms with E-state index in [0.29, 0.717) is 10.7 Å². The van der Waals surface area contributed by atoms with E-state index >= 15 is 0 Å². The van der Waals surface area contributed by atoms with Crippen molar-refractivity contribution in [3.05, 3.63) is 64.7 Å². The number of amides is 2. The van der Waals surface area contributed by atoms with E-state index in [0.717, 1.165) is 38.0 Å². The van der Waals surface area contributed by atoms with Crippen molar-refractivity contribution in [3.63, 3.8) is 0 Å². The maximum absolute atomic E-state index is 12.2. The van der Waals surface area contributed by atoms with Crippen molar-refractivity contribution in [2.24, 2.45) is 0 Å². The molecule has 0 bridgehead atoms. The smallest absolute Gasteiger partial charge is 0.313 e. The minimum Gasteiger partial charge on any atom is -0.345 e. The minimum absolute atomic E-state index is 0.0249. The van der Waals surface area contributed by atoms with Gasteiger partial charge in [-0.25, -0.2) is 0 Å². The molecule has 0 aromatic heterocycles. The summed E-state index contributed by atoms with van der Waals surface area (Å²) in [6.07, 6.45) is 1.67. The predicted molar refractivity (Wildman–Crippen MR) is 108 cm³/mol. The number of nitrogens with one attached hydrogen (secondary N) is 2. The van der Waals surface area contributed by atoms with Crippen LogP contribution in [0.5, 0.6) is 0 Å². The summed E-state index contributed by atoms with van der Waals surface area (Å²) in [4.78, 5) is 26.6. The van der Waals surface area contributed by atoms with Crippen LogP contribution in [-0.2, 0) is 16.1 Å². The topological polar surface area (TPSA) is 61.4 Å². The quantitative estimate of drug-likeness (QED) is 0.793. The van der Waals surface area contributed by atoms with Crippen LogP contribution in [0.4, 0.5) is 5.69 Å². The Morgan fingerprint density at radius 3 is 2.44 bits per heavy atom. The van der Waals surface area contributed by atoms with Gasteiger partial charge in [0.15, 0.2) is 0 Å². The van der Waals surface area contributed by atoms with Crippen LogP contribution >= 0.6 is 11.6 Å². The number of benzene rings is 2. The second kappa shape index (κ2) is 9.02. The molecule has 1 aliphatic heterocycles. The second-order valence-electron chi connectivity index (χ2n) is 6.93. The monoisotopic (exact) mass is 385 g/mol. The summed E-state index contributed by atoms with van der Waals surface area (Å²) in [7, 11) is 0. The summed E-state index contributed by atoms with van der Waals surface area (Å²) >= 11 is 6.05. The number of anilines is 1. The lowest BCUT2D eigenvalue weighted by Gasteiger charge is -2.32. The number of aryl methyl sites for hydroxylation is 1. The average Bonchev–Trinajstić information content (AvgIpc) is 2.67. The van der Waals surface area contributed by atoms with Crippen molar-refractivity contribution < 1.29 is 9.59 Å². The highest BCUT2D eigenvalue weighted by Gasteiger charge is 2.23. The van der Waals surface area contributed by atoms with Crippen LogP contribution in [0.3, 0.4) is 0 Å². The molecule has 2 aromatic rings. The normalized spacial score (nSPS) is 15.3. The van der Waals surface area contributed by atoms with E-state index in [1.54, 1.807) is 18.2 Å². The van der Waals surface area contributed by atoms with Crippen molar-refractivity contribution >= 4 is 29.1 Å². The number of halogens is 1. The fourth-order valence-electron chi connectivity index (χ4n) is 3.19. The molecule has 0 unspecified atom stereocenters. The van der Waals surface area contributed by atoms with Gasteiger partial charge in [-0.3, -0.25) is 14.5 Å². The summed E-state index contributed by atoms with van der Waals surface area (Å²) in [6, 6.07) is 15.5. The lowest BCUT2D eigenvalue weighted by molar-refractivity contribution is -0.136. The van der Waals surface area contributed by atoms with Crippen molar-refractivity contribution in [1.82, 2.24) is 10.2 Å². The Morgan fingerprint density at radius 2 is 1.78 bits per heavy atom. The number of carbonyl (C=O) groups excluding carboxylic acids is 2. The molecule has 142 valence electrons. The Labute approximate surface area is 164 Å². The summed E-state index contributed by atoms with van der Waals surface area (Å²) < 4.78 is 0. The van der Waals surface area contributed by atoms with Gasteiger partial charge in [0.25, 0.3) is 0 Å². The molecule has 6 heteroatoms. The zero-order valence-corrected chi connectivity index (χ0v) is 16.1. The van der Waals surface area contributed by atoms with E-state index in [1.165, 1.54) is 5.56 Å². The zero-order chi connectivity index (χ0) is 19.2. The molecular weight excluding hydrogens is 362 g/mol. The molecular formula is C21H24ClN3O2. The van der Waals surface area contributed by atoms with E-state index < -0.39 is 11.8 Å². The van der Waals surface area contributed by atoms with Crippen molar-refractivity contribution in [2.75, 3.05) is 18.4 Å². The maximum Gasteiger partial charge on any atom is 0.313 e. The molecule has 0 saturated carbocycles. The largest absolute Gasteiger partial charge is 0.345 e. The molecule has 1 aliphatic rings. The highest BCUT2D eigenvalue weighted by atomic mass is 35.5. The molecule has 0 atom stereocenters. The number of hydrogen-bond donors (Lipinski definition) is 2. The van der Waals surface area contributed by atoms with Gasteiger partial charge in [0.1, 0.15) is 0 Å². The minimum atomic E-state index is -0.665. The summed E-state index contributed by atoms with van der Waals surface area (Å²) in [5.74, 6) is -1.27. The van der Waals surface area contributed by atoms with Gasteiger partial charge >= 0.3 is 11.8 Å². The van der Waals surface area contributed by atoms with Gasteiger partial charge < -0.3 is 10.6 Å². The molecule has 5 nitrogen and oxygen atoms in total. The van der Waals surface area contributed by atoms with Gasteiger partial charge in [0, 0.05) is 36.4 Å². The summed E-state index contributed by atoms with van der Waals surface area (Å²) in [6.45, 7) is 4.59. The first-order valence-electron chi connectivity index (χ1n) is 9.15. The van der Waals surface area contributed by atoms with Crippen molar-refractivity contribution in [3.8, 4) is 0 Å². The van der Waals surface area contributed by atoms with Crippen LogP contribution in [0.15, 0.2) is 48.5 Å². The number of carbonyl (C=O) groups is 2. The van der Waals surface area contributed by atoms with Crippen molar-refractivity contribution in [2.45, 2.75) is 32.4 Å². The molecule has 2 N–H and O–H groups in total. The molecule has 3 rings (SSSR count). The summed E-state index contributed by atoms with van der Waals surface area (Å²) in [5.41, 5.74) is 2.72. The van der Waals surface area contributed by atoms with E-state index in [-0.39, 0.29) is 6.04 Å². The standard InChI is InChI=1S/C21H24ClN3O2/c1-15-7-8-18(13-19(15)22)24-21(27)20(26)23-17-9-11-25(12-10-17)14-16-5-3-2-4-6-16/h2-8,13,17H,9-12,14H2,1H3,(H,23,26)(H,24,27). The molecule has 2 aromatic carbocycles. The van der Waals surface area contributed by atoms with Gasteiger partial charge in [0.2, 0.25) is 0 Å². The first-order chi connectivity index (χ1) is 13.0. The summed E-state index contributed by atoms with van der Waals surface area (Å²) in [5, 5.41) is 5.99. The lowest BCUT2D eigenvalue weighted by atomic mass is 10.0. The van der Waals surface area contributed by atoms with E-state index in [2.05, 4.69) is 27.7 Å². The lowest BCUT2D eigenvalue weighted by Crippen LogP contribution is -2.47. The number of piperidine rings is 1. The van der Waals surface area contributed by atoms with E-state index in [4.69, 9.17) is 11.6 Å². The maximum atomic E-state index is 12.2. The predicted octanol–water partition coefficient (Wildman–Crippen LogP) is 3.37. The highest BCUT2D eigenvalue weighted by molar-refractivity contribution is 6.40. The van der Waals surface area contributed by atoms with E-state index in [1.807, 2.05) is 25.1 Å². The van der Waals surface area contributed by atoms with Crippen molar-refractivity contribution in [1.29, 1.82) is 0 Å². The molecule has 1 saturated heterocycles. The van der Waals surface area contributed by atoms with Gasteiger partial charge in [-0.1, -0.05) is 48.0 Å². The van der Waals surface area contributed by atoms with Crippen LogP contribution in [-0.4, -0.2) is 35.8 Å². The number of likely N-dealkylation sites (tertiary alicyclic amines) is 1. The molecule has 0 spiro atoms. The van der Waals surface area contributed by atoms with Gasteiger partial charge in [-0.15, -0.1) is 0 Å². The first kappa shape index (κ1) is 19.4. The van der Waals surface area contributed by atoms with Crippen LogP contribution in [0, 0.1) is 6.92 Å². The fourth-order valence-corrected chi connectivity index (χ4v) is 3.37. The van der Waals surface area contributed by atoms with Crippen LogP contribution in [0.1, 0.15) is 24.0 Å². The van der Waals surface area contributed by atoms with Crippen LogP contribution in [0.25, 0.3) is 0 Å². The number of nitrogens with zero attached hydrogens (tertiary/aromatic N) is 1. The third-order valence-electron chi connectivity index (χ3n) is 4.81. The molecule has 1 fully saturated rings. The number of rotatable bonds is 4. The Kier molecular flexibility index (Phi) is 6.48. The van der Waals surface area contributed by atoms with Crippen LogP contribution < -0.4 is 10.6 Å². The highest BCUT2D eigenvalue weighted by Crippen LogP contribution is 2.20. The molecule has 27 heavy (non-hydrogen) atoms. The zero-order valence-electron chi connectivity index (χ0n) is 15.4. The van der Waals surface area contributed by atoms with Gasteiger partial charge in [-0.05, 0) is 43.0 Å². The average molecular weight is 386 g/mol. The first-order valence-corrected chi connectivity index (χ1v) is 9.53. The van der Waals surface area contributed by atoms with E-state index in [9.17, 15) is 9.59 Å². The molecule has 0 aliphatic carbocycles. The Balaban J connectivity index is 1.44. The molecule has 0 radical (unpaired) electrons. The molecule has 2 amide bonds. The number of hydrogen-bond acceptors (Lipinski definition) is 3. The SMILES string of the molecule is Cc1ccc(NC(=O)C(=O)NC2CCN(Cc3ccccc3)CC2)cc1Cl. The fraction of sp³-hybridized carbons (Fsp3) is 0.333. The van der Waals surface area contributed by atoms with Gasteiger partial charge in [-0.2, -0.15) is 0 Å². The third kappa shape index (κ3) is 5.55. The van der Waals surface area contributed by atoms with Gasteiger partial charge in [0.05, 0.1) is 0 Å². The Hall–Kier alpha value is -2.37. The second-order valence-corrected chi connectivity index (χ2v) is 7.33. The Bertz CT molecular complexity index is 802.